The number of carbonyl (C=O) groups is 1. The van der Waals surface area contributed by atoms with Crippen molar-refractivity contribution in [3.8, 4) is 11.3 Å². The van der Waals surface area contributed by atoms with Crippen LogP contribution >= 0.6 is 0 Å². The van der Waals surface area contributed by atoms with E-state index in [0.717, 1.165) is 42.8 Å². The Morgan fingerprint density at radius 3 is 2.73 bits per heavy atom. The summed E-state index contributed by atoms with van der Waals surface area (Å²) in [6, 6.07) is 3.89. The van der Waals surface area contributed by atoms with Gasteiger partial charge in [-0.2, -0.15) is 5.10 Å². The molecule has 1 aliphatic heterocycles. The van der Waals surface area contributed by atoms with Crippen LogP contribution in [0.3, 0.4) is 0 Å². The van der Waals surface area contributed by atoms with Crippen LogP contribution in [0.5, 0.6) is 0 Å². The monoisotopic (exact) mass is 299 g/mol. The second-order valence-electron chi connectivity index (χ2n) is 5.60. The maximum absolute atomic E-state index is 12.0. The summed E-state index contributed by atoms with van der Waals surface area (Å²) < 4.78 is 1.80. The van der Waals surface area contributed by atoms with Gasteiger partial charge < -0.3 is 10.2 Å². The number of hydrogen-bond donors (Lipinski definition) is 1. The molecule has 1 aliphatic rings. The van der Waals surface area contributed by atoms with E-state index in [-0.39, 0.29) is 5.91 Å². The van der Waals surface area contributed by atoms with Crippen LogP contribution in [-0.4, -0.2) is 45.2 Å². The third-order valence-corrected chi connectivity index (χ3v) is 3.91. The molecule has 2 aromatic rings. The standard InChI is InChI=1S/C16H21N5O/c1-20-12-14(16(19-20)13-4-6-17-7-5-13)10-18-11-15(22)21-8-2-3-9-21/h4-7,12,18H,2-3,8-11H2,1H3. The Kier molecular flexibility index (Phi) is 4.48. The average Bonchev–Trinajstić information content (AvgIpc) is 3.18. The molecule has 22 heavy (non-hydrogen) atoms. The molecule has 1 saturated heterocycles. The summed E-state index contributed by atoms with van der Waals surface area (Å²) in [6.45, 7) is 2.81. The lowest BCUT2D eigenvalue weighted by molar-refractivity contribution is -0.129. The summed E-state index contributed by atoms with van der Waals surface area (Å²) in [7, 11) is 1.91. The zero-order valence-corrected chi connectivity index (χ0v) is 12.8. The Morgan fingerprint density at radius 2 is 2.00 bits per heavy atom. The minimum atomic E-state index is 0.187. The van der Waals surface area contributed by atoms with E-state index in [9.17, 15) is 4.79 Å². The molecule has 0 bridgehead atoms. The summed E-state index contributed by atoms with van der Waals surface area (Å²) in [6.07, 6.45) is 7.76. The van der Waals surface area contributed by atoms with Crippen molar-refractivity contribution in [1.29, 1.82) is 0 Å². The SMILES string of the molecule is Cn1cc(CNCC(=O)N2CCCC2)c(-c2ccncc2)n1. The highest BCUT2D eigenvalue weighted by molar-refractivity contribution is 5.78. The maximum atomic E-state index is 12.0. The van der Waals surface area contributed by atoms with Crippen LogP contribution in [0, 0.1) is 0 Å². The van der Waals surface area contributed by atoms with E-state index < -0.39 is 0 Å². The first kappa shape index (κ1) is 14.7. The van der Waals surface area contributed by atoms with Crippen molar-refractivity contribution >= 4 is 5.91 Å². The zero-order valence-electron chi connectivity index (χ0n) is 12.8. The number of amides is 1. The number of nitrogens with zero attached hydrogens (tertiary/aromatic N) is 4. The zero-order chi connectivity index (χ0) is 15.4. The van der Waals surface area contributed by atoms with Gasteiger partial charge in [-0.15, -0.1) is 0 Å². The molecule has 0 radical (unpaired) electrons. The third kappa shape index (κ3) is 3.33. The number of pyridine rings is 1. The maximum Gasteiger partial charge on any atom is 0.236 e. The first-order valence-electron chi connectivity index (χ1n) is 7.65. The Labute approximate surface area is 130 Å². The number of carbonyl (C=O) groups excluding carboxylic acids is 1. The summed E-state index contributed by atoms with van der Waals surface area (Å²) in [5, 5.41) is 7.75. The molecule has 0 unspecified atom stereocenters. The number of aryl methyl sites for hydroxylation is 1. The lowest BCUT2D eigenvalue weighted by Gasteiger charge is -2.15. The van der Waals surface area contributed by atoms with Gasteiger partial charge >= 0.3 is 0 Å². The first-order valence-corrected chi connectivity index (χ1v) is 7.65. The van der Waals surface area contributed by atoms with Gasteiger partial charge in [0.05, 0.1) is 12.2 Å². The van der Waals surface area contributed by atoms with Crippen molar-refractivity contribution < 1.29 is 4.79 Å². The molecule has 0 saturated carbocycles. The highest BCUT2D eigenvalue weighted by atomic mass is 16.2. The predicted octanol–water partition coefficient (Wildman–Crippen LogP) is 1.19. The van der Waals surface area contributed by atoms with Crippen molar-refractivity contribution in [2.24, 2.45) is 7.05 Å². The Balaban J connectivity index is 1.62. The molecule has 0 spiro atoms. The summed E-state index contributed by atoms with van der Waals surface area (Å²) >= 11 is 0. The molecule has 1 amide bonds. The summed E-state index contributed by atoms with van der Waals surface area (Å²) in [5.41, 5.74) is 3.06. The summed E-state index contributed by atoms with van der Waals surface area (Å²) in [5.74, 6) is 0.187. The minimum absolute atomic E-state index is 0.187. The number of nitrogens with one attached hydrogen (secondary N) is 1. The molecule has 3 rings (SSSR count). The fourth-order valence-corrected chi connectivity index (χ4v) is 2.80. The molecular formula is C16H21N5O. The van der Waals surface area contributed by atoms with Gasteiger partial charge in [0.15, 0.2) is 0 Å². The van der Waals surface area contributed by atoms with Crippen molar-refractivity contribution in [2.45, 2.75) is 19.4 Å². The van der Waals surface area contributed by atoms with Crippen LogP contribution < -0.4 is 5.32 Å². The second-order valence-corrected chi connectivity index (χ2v) is 5.60. The van der Waals surface area contributed by atoms with E-state index in [1.165, 1.54) is 0 Å². The molecular weight excluding hydrogens is 278 g/mol. The molecule has 0 aliphatic carbocycles. The van der Waals surface area contributed by atoms with Crippen molar-refractivity contribution in [1.82, 2.24) is 25.0 Å². The van der Waals surface area contributed by atoms with Gasteiger partial charge in [-0.05, 0) is 25.0 Å². The Hall–Kier alpha value is -2.21. The molecule has 0 aromatic carbocycles. The van der Waals surface area contributed by atoms with Gasteiger partial charge in [0.1, 0.15) is 0 Å². The number of rotatable bonds is 5. The minimum Gasteiger partial charge on any atom is -0.342 e. The summed E-state index contributed by atoms with van der Waals surface area (Å²) in [4.78, 5) is 18.0. The van der Waals surface area contributed by atoms with Crippen LogP contribution in [0.2, 0.25) is 0 Å². The van der Waals surface area contributed by atoms with Gasteiger partial charge in [-0.1, -0.05) is 0 Å². The fourth-order valence-electron chi connectivity index (χ4n) is 2.80. The smallest absolute Gasteiger partial charge is 0.236 e. The van der Waals surface area contributed by atoms with E-state index in [0.29, 0.717) is 13.1 Å². The van der Waals surface area contributed by atoms with E-state index in [1.807, 2.05) is 30.3 Å². The lowest BCUT2D eigenvalue weighted by atomic mass is 10.1. The largest absolute Gasteiger partial charge is 0.342 e. The second kappa shape index (κ2) is 6.70. The van der Waals surface area contributed by atoms with Gasteiger partial charge in [-0.25, -0.2) is 0 Å². The average molecular weight is 299 g/mol. The number of aromatic nitrogens is 3. The van der Waals surface area contributed by atoms with Gasteiger partial charge in [0.25, 0.3) is 0 Å². The lowest BCUT2D eigenvalue weighted by Crippen LogP contribution is -2.36. The first-order chi connectivity index (χ1) is 10.7. The Morgan fingerprint density at radius 1 is 1.27 bits per heavy atom. The molecule has 1 fully saturated rings. The van der Waals surface area contributed by atoms with E-state index in [1.54, 1.807) is 17.1 Å². The predicted molar refractivity (Wildman–Crippen MR) is 84.0 cm³/mol. The van der Waals surface area contributed by atoms with E-state index in [2.05, 4.69) is 15.4 Å². The van der Waals surface area contributed by atoms with Crippen LogP contribution in [-0.2, 0) is 18.4 Å². The van der Waals surface area contributed by atoms with Gasteiger partial charge in [-0.3, -0.25) is 14.5 Å². The van der Waals surface area contributed by atoms with E-state index in [4.69, 9.17) is 0 Å². The molecule has 116 valence electrons. The Bertz CT molecular complexity index is 631. The van der Waals surface area contributed by atoms with Gasteiger partial charge in [0, 0.05) is 56.4 Å². The molecule has 6 heteroatoms. The number of hydrogen-bond acceptors (Lipinski definition) is 4. The van der Waals surface area contributed by atoms with Crippen LogP contribution in [0.15, 0.2) is 30.7 Å². The molecule has 3 heterocycles. The molecule has 6 nitrogen and oxygen atoms in total. The highest BCUT2D eigenvalue weighted by Crippen LogP contribution is 2.20. The van der Waals surface area contributed by atoms with E-state index >= 15 is 0 Å². The normalized spacial score (nSPS) is 14.5. The fraction of sp³-hybridized carbons (Fsp3) is 0.438. The molecule has 0 atom stereocenters. The number of likely N-dealkylation sites (tertiary alicyclic amines) is 1. The van der Waals surface area contributed by atoms with Crippen LogP contribution in [0.1, 0.15) is 18.4 Å². The highest BCUT2D eigenvalue weighted by Gasteiger charge is 2.17. The molecule has 2 aromatic heterocycles. The van der Waals surface area contributed by atoms with Gasteiger partial charge in [0.2, 0.25) is 5.91 Å². The van der Waals surface area contributed by atoms with Crippen LogP contribution in [0.4, 0.5) is 0 Å². The van der Waals surface area contributed by atoms with Crippen LogP contribution in [0.25, 0.3) is 11.3 Å². The quantitative estimate of drug-likeness (QED) is 0.901. The van der Waals surface area contributed by atoms with Crippen molar-refractivity contribution in [3.05, 3.63) is 36.3 Å². The van der Waals surface area contributed by atoms with Crippen molar-refractivity contribution in [3.63, 3.8) is 0 Å². The third-order valence-electron chi connectivity index (χ3n) is 3.91. The van der Waals surface area contributed by atoms with Crippen molar-refractivity contribution in [2.75, 3.05) is 19.6 Å². The molecule has 1 N–H and O–H groups in total. The topological polar surface area (TPSA) is 63.1 Å².